The van der Waals surface area contributed by atoms with Crippen molar-refractivity contribution in [1.82, 2.24) is 5.32 Å². The topological polar surface area (TPSA) is 21.3 Å². The summed E-state index contributed by atoms with van der Waals surface area (Å²) in [6, 6.07) is 0.656. The third kappa shape index (κ3) is 0.722. The molecule has 10 heavy (non-hydrogen) atoms. The number of fused-ring (bicyclic) bond motifs is 1. The maximum atomic E-state index is 5.60. The van der Waals surface area contributed by atoms with Crippen LogP contribution < -0.4 is 5.32 Å². The molecule has 2 aliphatic rings. The van der Waals surface area contributed by atoms with Gasteiger partial charge in [-0.1, -0.05) is 13.8 Å². The first-order chi connectivity index (χ1) is 4.80. The van der Waals surface area contributed by atoms with E-state index in [2.05, 4.69) is 19.2 Å². The van der Waals surface area contributed by atoms with Crippen LogP contribution in [0.4, 0.5) is 0 Å². The van der Waals surface area contributed by atoms with E-state index in [1.165, 1.54) is 0 Å². The first kappa shape index (κ1) is 6.62. The van der Waals surface area contributed by atoms with Gasteiger partial charge in [-0.05, 0) is 11.8 Å². The number of morpholine rings is 1. The van der Waals surface area contributed by atoms with Crippen molar-refractivity contribution in [3.05, 3.63) is 0 Å². The average Bonchev–Trinajstić information content (AvgIpc) is 2.03. The van der Waals surface area contributed by atoms with Crippen molar-refractivity contribution in [3.63, 3.8) is 0 Å². The molecule has 2 heteroatoms. The van der Waals surface area contributed by atoms with Crippen LogP contribution in [-0.4, -0.2) is 25.3 Å². The summed E-state index contributed by atoms with van der Waals surface area (Å²) >= 11 is 0. The summed E-state index contributed by atoms with van der Waals surface area (Å²) in [5, 5.41) is 3.47. The Bertz CT molecular complexity index is 121. The molecule has 0 radical (unpaired) electrons. The van der Waals surface area contributed by atoms with E-state index in [9.17, 15) is 0 Å². The van der Waals surface area contributed by atoms with Crippen molar-refractivity contribution >= 4 is 0 Å². The highest BCUT2D eigenvalue weighted by Gasteiger charge is 2.46. The Morgan fingerprint density at radius 3 is 2.80 bits per heavy atom. The highest BCUT2D eigenvalue weighted by molar-refractivity contribution is 5.00. The molecule has 4 atom stereocenters. The van der Waals surface area contributed by atoms with Gasteiger partial charge >= 0.3 is 0 Å². The van der Waals surface area contributed by atoms with Crippen molar-refractivity contribution in [3.8, 4) is 0 Å². The predicted molar refractivity (Wildman–Crippen MR) is 39.9 cm³/mol. The van der Waals surface area contributed by atoms with Gasteiger partial charge in [-0.2, -0.15) is 0 Å². The molecular formula is C8H15NO. The standard InChI is InChI=1S/C8H15NO/c1-5-6(2)8-7(5)9-3-4-10-8/h5-9H,3-4H2,1-2H3. The van der Waals surface area contributed by atoms with Crippen LogP contribution in [0.15, 0.2) is 0 Å². The lowest BCUT2D eigenvalue weighted by Gasteiger charge is -2.51. The first-order valence-electron chi connectivity index (χ1n) is 4.15. The summed E-state index contributed by atoms with van der Waals surface area (Å²) in [5.74, 6) is 1.57. The minimum atomic E-state index is 0.517. The van der Waals surface area contributed by atoms with Crippen LogP contribution in [0.1, 0.15) is 13.8 Å². The Morgan fingerprint density at radius 1 is 1.30 bits per heavy atom. The number of hydrogen-bond donors (Lipinski definition) is 1. The molecule has 2 nitrogen and oxygen atoms in total. The van der Waals surface area contributed by atoms with Crippen LogP contribution in [0.5, 0.6) is 0 Å². The molecule has 0 aromatic carbocycles. The molecule has 1 N–H and O–H groups in total. The van der Waals surface area contributed by atoms with E-state index < -0.39 is 0 Å². The molecule has 1 aliphatic carbocycles. The van der Waals surface area contributed by atoms with E-state index in [4.69, 9.17) is 4.74 Å². The van der Waals surface area contributed by atoms with Crippen molar-refractivity contribution in [2.75, 3.05) is 13.2 Å². The first-order valence-corrected chi connectivity index (χ1v) is 4.15. The molecule has 0 amide bonds. The second-order valence-corrected chi connectivity index (χ2v) is 3.53. The van der Waals surface area contributed by atoms with Gasteiger partial charge in [0.25, 0.3) is 0 Å². The Hall–Kier alpha value is -0.0800. The van der Waals surface area contributed by atoms with E-state index in [1.54, 1.807) is 0 Å². The molecule has 0 aromatic heterocycles. The zero-order valence-corrected chi connectivity index (χ0v) is 6.63. The molecular weight excluding hydrogens is 126 g/mol. The molecule has 0 bridgehead atoms. The molecule has 58 valence electrons. The van der Waals surface area contributed by atoms with Crippen molar-refractivity contribution in [1.29, 1.82) is 0 Å². The van der Waals surface area contributed by atoms with Crippen molar-refractivity contribution in [2.24, 2.45) is 11.8 Å². The van der Waals surface area contributed by atoms with Gasteiger partial charge < -0.3 is 10.1 Å². The van der Waals surface area contributed by atoms with Crippen LogP contribution >= 0.6 is 0 Å². The zero-order valence-electron chi connectivity index (χ0n) is 6.63. The Balaban J connectivity index is 2.00. The van der Waals surface area contributed by atoms with Crippen LogP contribution in [0.3, 0.4) is 0 Å². The summed E-state index contributed by atoms with van der Waals surface area (Å²) in [4.78, 5) is 0. The highest BCUT2D eigenvalue weighted by Crippen LogP contribution is 2.37. The van der Waals surface area contributed by atoms with Gasteiger partial charge in [-0.3, -0.25) is 0 Å². The van der Waals surface area contributed by atoms with E-state index in [-0.39, 0.29) is 0 Å². The highest BCUT2D eigenvalue weighted by atomic mass is 16.5. The molecule has 0 aromatic rings. The minimum absolute atomic E-state index is 0.517. The summed E-state index contributed by atoms with van der Waals surface area (Å²) in [6.45, 7) is 6.52. The zero-order chi connectivity index (χ0) is 7.14. The Morgan fingerprint density at radius 2 is 2.10 bits per heavy atom. The third-order valence-corrected chi connectivity index (χ3v) is 3.06. The van der Waals surface area contributed by atoms with Gasteiger partial charge in [0.1, 0.15) is 0 Å². The van der Waals surface area contributed by atoms with Gasteiger partial charge in [-0.25, -0.2) is 0 Å². The SMILES string of the molecule is CC1C(C)C2OCCNC12. The molecule has 1 saturated carbocycles. The lowest BCUT2D eigenvalue weighted by atomic mass is 9.68. The van der Waals surface area contributed by atoms with Gasteiger partial charge in [0.15, 0.2) is 0 Å². The maximum absolute atomic E-state index is 5.60. The third-order valence-electron chi connectivity index (χ3n) is 3.06. The summed E-state index contributed by atoms with van der Waals surface area (Å²) in [7, 11) is 0. The lowest BCUT2D eigenvalue weighted by Crippen LogP contribution is -2.65. The van der Waals surface area contributed by atoms with Crippen LogP contribution in [0.2, 0.25) is 0 Å². The molecule has 2 rings (SSSR count). The summed E-state index contributed by atoms with van der Waals surface area (Å²) in [6.07, 6.45) is 0.517. The molecule has 4 unspecified atom stereocenters. The predicted octanol–water partition coefficient (Wildman–Crippen LogP) is 0.629. The molecule has 1 heterocycles. The van der Waals surface area contributed by atoms with Gasteiger partial charge in [0, 0.05) is 12.6 Å². The second-order valence-electron chi connectivity index (χ2n) is 3.53. The van der Waals surface area contributed by atoms with Crippen LogP contribution in [0.25, 0.3) is 0 Å². The van der Waals surface area contributed by atoms with Gasteiger partial charge in [0.2, 0.25) is 0 Å². The number of hydrogen-bond acceptors (Lipinski definition) is 2. The fraction of sp³-hybridized carbons (Fsp3) is 1.00. The van der Waals surface area contributed by atoms with Crippen molar-refractivity contribution < 1.29 is 4.74 Å². The monoisotopic (exact) mass is 141 g/mol. The molecule has 0 spiro atoms. The Kier molecular flexibility index (Phi) is 1.46. The smallest absolute Gasteiger partial charge is 0.0759 e. The molecule has 1 aliphatic heterocycles. The molecule has 1 saturated heterocycles. The summed E-state index contributed by atoms with van der Waals surface area (Å²) in [5.41, 5.74) is 0. The number of rotatable bonds is 0. The summed E-state index contributed by atoms with van der Waals surface area (Å²) < 4.78 is 5.60. The fourth-order valence-corrected chi connectivity index (χ4v) is 2.09. The fourth-order valence-electron chi connectivity index (χ4n) is 2.09. The quantitative estimate of drug-likeness (QED) is 0.534. The van der Waals surface area contributed by atoms with Gasteiger partial charge in [-0.15, -0.1) is 0 Å². The Labute approximate surface area is 61.9 Å². The average molecular weight is 141 g/mol. The number of ether oxygens (including phenoxy) is 1. The largest absolute Gasteiger partial charge is 0.375 e. The second kappa shape index (κ2) is 2.21. The lowest BCUT2D eigenvalue weighted by molar-refractivity contribution is -0.128. The van der Waals surface area contributed by atoms with E-state index in [0.29, 0.717) is 12.1 Å². The van der Waals surface area contributed by atoms with E-state index in [0.717, 1.165) is 25.0 Å². The van der Waals surface area contributed by atoms with E-state index >= 15 is 0 Å². The van der Waals surface area contributed by atoms with E-state index in [1.807, 2.05) is 0 Å². The minimum Gasteiger partial charge on any atom is -0.375 e. The maximum Gasteiger partial charge on any atom is 0.0759 e. The molecule has 2 fully saturated rings. The van der Waals surface area contributed by atoms with Crippen LogP contribution in [-0.2, 0) is 4.74 Å². The van der Waals surface area contributed by atoms with Crippen LogP contribution in [0, 0.1) is 11.8 Å². The normalized spacial score (nSPS) is 53.4. The van der Waals surface area contributed by atoms with Crippen molar-refractivity contribution in [2.45, 2.75) is 26.0 Å². The van der Waals surface area contributed by atoms with Gasteiger partial charge in [0.05, 0.1) is 12.7 Å². The number of nitrogens with one attached hydrogen (secondary N) is 1.